The van der Waals surface area contributed by atoms with Crippen molar-refractivity contribution in [2.45, 2.75) is 12.1 Å². The van der Waals surface area contributed by atoms with Gasteiger partial charge in [-0.3, -0.25) is 15.1 Å². The summed E-state index contributed by atoms with van der Waals surface area (Å²) in [6.45, 7) is 0.167. The number of ether oxygens (including phenoxy) is 3. The standard InChI is InChI=1S/C26H20N4O6S/c1-33-22-13-16(30(31)32)5-7-17(22)19-9-10-21(36-19)25-24(18-4-2-3-11-27-18)28-26(37)29(25)15-6-8-20-23(12-15)35-14-34-20/h2-13,24-25H,14H2,1H3,(H,28,37)/t24-,25+/m1/s1. The molecule has 37 heavy (non-hydrogen) atoms. The first kappa shape index (κ1) is 22.8. The van der Waals surface area contributed by atoms with Crippen molar-refractivity contribution in [1.82, 2.24) is 10.3 Å². The van der Waals surface area contributed by atoms with Crippen molar-refractivity contribution < 1.29 is 23.6 Å². The summed E-state index contributed by atoms with van der Waals surface area (Å²) in [7, 11) is 1.46. The maximum Gasteiger partial charge on any atom is 0.273 e. The highest BCUT2D eigenvalue weighted by Crippen LogP contribution is 2.46. The molecule has 4 heterocycles. The summed E-state index contributed by atoms with van der Waals surface area (Å²) >= 11 is 5.77. The summed E-state index contributed by atoms with van der Waals surface area (Å²) in [5.41, 5.74) is 2.12. The van der Waals surface area contributed by atoms with Crippen molar-refractivity contribution in [3.05, 3.63) is 94.5 Å². The summed E-state index contributed by atoms with van der Waals surface area (Å²) in [6.07, 6.45) is 1.73. The normalized spacial score (nSPS) is 18.1. The van der Waals surface area contributed by atoms with Crippen LogP contribution in [0.5, 0.6) is 17.2 Å². The van der Waals surface area contributed by atoms with E-state index in [1.54, 1.807) is 12.3 Å². The van der Waals surface area contributed by atoms with E-state index in [1.165, 1.54) is 19.2 Å². The molecular weight excluding hydrogens is 496 g/mol. The first-order chi connectivity index (χ1) is 18.0. The Morgan fingerprint density at radius 3 is 2.76 bits per heavy atom. The molecule has 10 nitrogen and oxygen atoms in total. The number of furan rings is 1. The van der Waals surface area contributed by atoms with E-state index in [0.29, 0.717) is 39.4 Å². The zero-order chi connectivity index (χ0) is 25.5. The molecule has 0 aliphatic carbocycles. The van der Waals surface area contributed by atoms with Crippen LogP contribution in [0.4, 0.5) is 11.4 Å². The van der Waals surface area contributed by atoms with E-state index in [1.807, 2.05) is 53.4 Å². The van der Waals surface area contributed by atoms with E-state index in [0.717, 1.165) is 11.4 Å². The van der Waals surface area contributed by atoms with Gasteiger partial charge in [0.15, 0.2) is 16.6 Å². The first-order valence-corrected chi connectivity index (χ1v) is 11.8. The number of anilines is 1. The lowest BCUT2D eigenvalue weighted by molar-refractivity contribution is -0.384. The lowest BCUT2D eigenvalue weighted by atomic mass is 10.0. The Labute approximate surface area is 216 Å². The molecule has 0 spiro atoms. The lowest BCUT2D eigenvalue weighted by Gasteiger charge is -2.26. The molecule has 1 N–H and O–H groups in total. The zero-order valence-electron chi connectivity index (χ0n) is 19.5. The number of rotatable bonds is 6. The monoisotopic (exact) mass is 516 g/mol. The molecular formula is C26H20N4O6S. The van der Waals surface area contributed by atoms with Crippen molar-refractivity contribution in [3.63, 3.8) is 0 Å². The van der Waals surface area contributed by atoms with Crippen LogP contribution in [0.15, 0.2) is 77.3 Å². The van der Waals surface area contributed by atoms with Gasteiger partial charge in [-0.25, -0.2) is 0 Å². The fourth-order valence-electron chi connectivity index (χ4n) is 4.61. The van der Waals surface area contributed by atoms with Crippen molar-refractivity contribution in [1.29, 1.82) is 0 Å². The van der Waals surface area contributed by atoms with Gasteiger partial charge in [0.25, 0.3) is 5.69 Å². The number of fused-ring (bicyclic) bond motifs is 1. The number of thiocarbonyl (C=S) groups is 1. The molecule has 0 bridgehead atoms. The van der Waals surface area contributed by atoms with Crippen LogP contribution in [0.25, 0.3) is 11.3 Å². The number of nitro benzene ring substituents is 1. The molecule has 2 aromatic heterocycles. The Hall–Kier alpha value is -4.64. The highest BCUT2D eigenvalue weighted by molar-refractivity contribution is 7.80. The molecule has 2 atom stereocenters. The fourth-order valence-corrected chi connectivity index (χ4v) is 4.96. The number of pyridine rings is 1. The Kier molecular flexibility index (Phi) is 5.61. The minimum Gasteiger partial charge on any atom is -0.496 e. The molecule has 4 aromatic rings. The second-order valence-electron chi connectivity index (χ2n) is 8.38. The molecule has 186 valence electrons. The van der Waals surface area contributed by atoms with E-state index in [9.17, 15) is 10.1 Å². The van der Waals surface area contributed by atoms with Gasteiger partial charge in [0, 0.05) is 24.0 Å². The maximum atomic E-state index is 11.2. The number of aromatic nitrogens is 1. The van der Waals surface area contributed by atoms with Crippen molar-refractivity contribution >= 4 is 28.7 Å². The molecule has 11 heteroatoms. The van der Waals surface area contributed by atoms with Gasteiger partial charge in [-0.2, -0.15) is 0 Å². The first-order valence-electron chi connectivity index (χ1n) is 11.4. The van der Waals surface area contributed by atoms with Gasteiger partial charge in [0.05, 0.1) is 35.4 Å². The molecule has 1 fully saturated rings. The average molecular weight is 517 g/mol. The van der Waals surface area contributed by atoms with E-state index in [4.69, 9.17) is 30.8 Å². The summed E-state index contributed by atoms with van der Waals surface area (Å²) in [6, 6.07) is 18.7. The number of hydrogen-bond donors (Lipinski definition) is 1. The zero-order valence-corrected chi connectivity index (χ0v) is 20.3. The maximum absolute atomic E-state index is 11.2. The van der Waals surface area contributed by atoms with Crippen LogP contribution >= 0.6 is 12.2 Å². The highest BCUT2D eigenvalue weighted by Gasteiger charge is 2.43. The molecule has 0 amide bonds. The minimum absolute atomic E-state index is 0.0677. The predicted octanol–water partition coefficient (Wildman–Crippen LogP) is 5.16. The molecule has 1 saturated heterocycles. The van der Waals surface area contributed by atoms with Crippen molar-refractivity contribution in [2.24, 2.45) is 0 Å². The van der Waals surface area contributed by atoms with E-state index in [-0.39, 0.29) is 24.6 Å². The van der Waals surface area contributed by atoms with Crippen LogP contribution in [-0.4, -0.2) is 28.9 Å². The number of methoxy groups -OCH3 is 1. The second-order valence-corrected chi connectivity index (χ2v) is 8.76. The molecule has 2 aliphatic heterocycles. The molecule has 0 saturated carbocycles. The van der Waals surface area contributed by atoms with E-state index >= 15 is 0 Å². The van der Waals surface area contributed by atoms with E-state index < -0.39 is 4.92 Å². The number of nitrogens with zero attached hydrogens (tertiary/aromatic N) is 3. The summed E-state index contributed by atoms with van der Waals surface area (Å²) in [5.74, 6) is 2.77. The van der Waals surface area contributed by atoms with Gasteiger partial charge in [-0.1, -0.05) is 6.07 Å². The number of non-ortho nitro benzene ring substituents is 1. The fraction of sp³-hybridized carbons (Fsp3) is 0.154. The van der Waals surface area contributed by atoms with E-state index in [2.05, 4.69) is 10.3 Å². The number of nitro groups is 1. The quantitative estimate of drug-likeness (QED) is 0.209. The van der Waals surface area contributed by atoms with Crippen LogP contribution in [-0.2, 0) is 0 Å². The largest absolute Gasteiger partial charge is 0.496 e. The molecule has 2 aromatic carbocycles. The smallest absolute Gasteiger partial charge is 0.273 e. The number of nitrogens with one attached hydrogen (secondary N) is 1. The van der Waals surface area contributed by atoms with Gasteiger partial charge in [0.1, 0.15) is 23.3 Å². The van der Waals surface area contributed by atoms with Crippen molar-refractivity contribution in [2.75, 3.05) is 18.8 Å². The minimum atomic E-state index is -0.467. The molecule has 0 unspecified atom stereocenters. The van der Waals surface area contributed by atoms with Gasteiger partial charge in [-0.15, -0.1) is 0 Å². The second kappa shape index (κ2) is 9.10. The third kappa shape index (κ3) is 3.99. The lowest BCUT2D eigenvalue weighted by Crippen LogP contribution is -2.29. The van der Waals surface area contributed by atoms with Gasteiger partial charge in [0.2, 0.25) is 6.79 Å². The Morgan fingerprint density at radius 1 is 1.11 bits per heavy atom. The third-order valence-electron chi connectivity index (χ3n) is 6.31. The van der Waals surface area contributed by atoms with Crippen LogP contribution in [0.2, 0.25) is 0 Å². The average Bonchev–Trinajstić information content (AvgIpc) is 3.66. The molecule has 0 radical (unpaired) electrons. The van der Waals surface area contributed by atoms with Gasteiger partial charge in [-0.05, 0) is 54.7 Å². The number of hydrogen-bond acceptors (Lipinski definition) is 8. The summed E-state index contributed by atoms with van der Waals surface area (Å²) in [4.78, 5) is 17.3. The topological polar surface area (TPSA) is 112 Å². The summed E-state index contributed by atoms with van der Waals surface area (Å²) < 4.78 is 22.8. The highest BCUT2D eigenvalue weighted by atomic mass is 32.1. The van der Waals surface area contributed by atoms with Gasteiger partial charge < -0.3 is 28.8 Å². The van der Waals surface area contributed by atoms with Crippen LogP contribution in [0.3, 0.4) is 0 Å². The predicted molar refractivity (Wildman–Crippen MR) is 138 cm³/mol. The van der Waals surface area contributed by atoms with Gasteiger partial charge >= 0.3 is 0 Å². The van der Waals surface area contributed by atoms with Crippen LogP contribution < -0.4 is 24.4 Å². The Morgan fingerprint density at radius 2 is 1.97 bits per heavy atom. The van der Waals surface area contributed by atoms with Crippen molar-refractivity contribution in [3.8, 4) is 28.6 Å². The Bertz CT molecular complexity index is 1510. The third-order valence-corrected chi connectivity index (χ3v) is 6.63. The molecule has 6 rings (SSSR count). The SMILES string of the molecule is COc1cc([N+](=O)[O-])ccc1-c1ccc([C@H]2[C@@H](c3ccccn3)NC(=S)N2c2ccc3c(c2)OCO3)o1. The van der Waals surface area contributed by atoms with Crippen LogP contribution in [0, 0.1) is 10.1 Å². The summed E-state index contributed by atoms with van der Waals surface area (Å²) in [5, 5.41) is 15.1. The Balaban J connectivity index is 1.44. The van der Waals surface area contributed by atoms with Crippen LogP contribution in [0.1, 0.15) is 23.5 Å². The molecule has 2 aliphatic rings. The number of benzene rings is 2.